The summed E-state index contributed by atoms with van der Waals surface area (Å²) in [5.74, 6) is -4.14. The van der Waals surface area contributed by atoms with Crippen LogP contribution in [0, 0.1) is 16.0 Å². The van der Waals surface area contributed by atoms with Crippen LogP contribution in [0.4, 0.5) is 23.7 Å². The normalized spacial score (nSPS) is 26.5. The summed E-state index contributed by atoms with van der Waals surface area (Å²) in [6.07, 6.45) is -5.42. The Hall–Kier alpha value is -2.89. The molecule has 9 nitrogen and oxygen atoms in total. The van der Waals surface area contributed by atoms with Crippen molar-refractivity contribution in [2.75, 3.05) is 0 Å². The van der Waals surface area contributed by atoms with Gasteiger partial charge in [0.2, 0.25) is 5.72 Å². The van der Waals surface area contributed by atoms with Crippen LogP contribution >= 0.6 is 0 Å². The van der Waals surface area contributed by atoms with Crippen LogP contribution in [0.15, 0.2) is 18.2 Å². The van der Waals surface area contributed by atoms with Crippen LogP contribution in [0.1, 0.15) is 18.5 Å². The molecule has 1 aromatic carbocycles. The van der Waals surface area contributed by atoms with Gasteiger partial charge in [-0.3, -0.25) is 14.9 Å². The highest BCUT2D eigenvalue weighted by molar-refractivity contribution is 5.86. The van der Waals surface area contributed by atoms with Crippen molar-refractivity contribution >= 4 is 17.5 Å². The zero-order chi connectivity index (χ0) is 19.2. The molecule has 0 spiro atoms. The molecular weight excluding hydrogens is 351 g/mol. The summed E-state index contributed by atoms with van der Waals surface area (Å²) >= 11 is 0. The average molecular weight is 363 g/mol. The predicted molar refractivity (Wildman–Crippen MR) is 74.3 cm³/mol. The molecule has 1 fully saturated rings. The van der Waals surface area contributed by atoms with Gasteiger partial charge in [-0.25, -0.2) is 4.79 Å². The Balaban J connectivity index is 2.66. The van der Waals surface area contributed by atoms with Gasteiger partial charge in [-0.2, -0.15) is 13.2 Å². The molecule has 0 aliphatic carbocycles. The lowest BCUT2D eigenvalue weighted by molar-refractivity contribution is -0.385. The molecule has 2 amide bonds. The number of nitrogens with one attached hydrogen (secondary N) is 2. The summed E-state index contributed by atoms with van der Waals surface area (Å²) < 4.78 is 39.9. The Morgan fingerprint density at radius 2 is 2.00 bits per heavy atom. The fraction of sp³-hybridized carbons (Fsp3) is 0.385. The number of Topliss-reactive ketones (excluding diaryl/α,β-unsaturated/α-hetero) is 1. The summed E-state index contributed by atoms with van der Waals surface area (Å²) in [4.78, 5) is 33.4. The number of urea groups is 1. The third-order valence-electron chi connectivity index (χ3n) is 3.80. The molecule has 0 aromatic heterocycles. The van der Waals surface area contributed by atoms with E-state index < -0.39 is 57.6 Å². The first-order chi connectivity index (χ1) is 11.4. The lowest BCUT2D eigenvalue weighted by Gasteiger charge is -2.44. The van der Waals surface area contributed by atoms with Gasteiger partial charge in [-0.1, -0.05) is 0 Å². The van der Waals surface area contributed by atoms with Crippen LogP contribution in [-0.4, -0.2) is 38.9 Å². The molecule has 3 unspecified atom stereocenters. The molecular formula is C13H12F3N3O6. The fourth-order valence-corrected chi connectivity index (χ4v) is 2.69. The Bertz CT molecular complexity index is 753. The third-order valence-corrected chi connectivity index (χ3v) is 3.80. The minimum atomic E-state index is -5.42. The van der Waals surface area contributed by atoms with E-state index in [9.17, 15) is 43.1 Å². The lowest BCUT2D eigenvalue weighted by atomic mass is 9.79. The van der Waals surface area contributed by atoms with Crippen molar-refractivity contribution in [3.63, 3.8) is 0 Å². The minimum absolute atomic E-state index is 0.507. The van der Waals surface area contributed by atoms with Crippen molar-refractivity contribution in [2.24, 2.45) is 5.92 Å². The number of carbonyl (C=O) groups is 2. The first kappa shape index (κ1) is 18.4. The molecule has 4 N–H and O–H groups in total. The van der Waals surface area contributed by atoms with E-state index in [0.717, 1.165) is 25.1 Å². The molecule has 12 heteroatoms. The van der Waals surface area contributed by atoms with Gasteiger partial charge in [0.15, 0.2) is 0 Å². The summed E-state index contributed by atoms with van der Waals surface area (Å²) in [7, 11) is 0. The molecule has 136 valence electrons. The van der Waals surface area contributed by atoms with Gasteiger partial charge in [0.05, 0.1) is 16.9 Å². The molecule has 1 aromatic rings. The van der Waals surface area contributed by atoms with Gasteiger partial charge in [0.25, 0.3) is 5.69 Å². The molecule has 1 aliphatic heterocycles. The van der Waals surface area contributed by atoms with Gasteiger partial charge in [-0.15, -0.1) is 0 Å². The topological polar surface area (TPSA) is 142 Å². The lowest BCUT2D eigenvalue weighted by Crippen LogP contribution is -2.72. The standard InChI is InChI=1S/C13H12F3N3O6/c1-5(20)9-10(7-4-6(19(24)25)2-3-8(7)21)17-11(22)18-12(9,23)13(14,15)16/h2-4,9-10,21,23H,1H3,(H2,17,18,22). The third kappa shape index (κ3) is 3.07. The van der Waals surface area contributed by atoms with Gasteiger partial charge in [0, 0.05) is 17.7 Å². The van der Waals surface area contributed by atoms with Crippen LogP contribution in [0.2, 0.25) is 0 Å². The number of rotatable bonds is 3. The van der Waals surface area contributed by atoms with Crippen LogP contribution in [0.3, 0.4) is 0 Å². The number of hydrogen-bond acceptors (Lipinski definition) is 6. The van der Waals surface area contributed by atoms with E-state index in [4.69, 9.17) is 0 Å². The maximum absolute atomic E-state index is 13.3. The summed E-state index contributed by atoms with van der Waals surface area (Å²) in [6.45, 7) is 0.752. The number of aromatic hydroxyl groups is 1. The number of hydrogen-bond donors (Lipinski definition) is 4. The molecule has 0 radical (unpaired) electrons. The number of halogens is 3. The fourth-order valence-electron chi connectivity index (χ4n) is 2.69. The second-order valence-electron chi connectivity index (χ2n) is 5.43. The number of nitro benzene ring substituents is 1. The molecule has 2 rings (SSSR count). The number of carbonyl (C=O) groups excluding carboxylic acids is 2. The van der Waals surface area contributed by atoms with Crippen LogP contribution in [0.25, 0.3) is 0 Å². The Kier molecular flexibility index (Phi) is 4.34. The Morgan fingerprint density at radius 1 is 1.40 bits per heavy atom. The maximum Gasteiger partial charge on any atom is 0.437 e. The predicted octanol–water partition coefficient (Wildman–Crippen LogP) is 1.11. The van der Waals surface area contributed by atoms with Gasteiger partial charge in [-0.05, 0) is 13.0 Å². The minimum Gasteiger partial charge on any atom is -0.508 e. The van der Waals surface area contributed by atoms with E-state index in [2.05, 4.69) is 0 Å². The van der Waals surface area contributed by atoms with E-state index in [0.29, 0.717) is 0 Å². The van der Waals surface area contributed by atoms with Crippen LogP contribution < -0.4 is 10.6 Å². The summed E-state index contributed by atoms with van der Waals surface area (Å²) in [5, 5.41) is 33.9. The number of non-ortho nitro benzene ring substituents is 1. The second-order valence-corrected chi connectivity index (χ2v) is 5.43. The SMILES string of the molecule is CC(=O)C1C(c2cc([N+](=O)[O-])ccc2O)NC(=O)NC1(O)C(F)(F)F. The number of ketones is 1. The number of phenolic OH excluding ortho intramolecular Hbond substituents is 1. The smallest absolute Gasteiger partial charge is 0.437 e. The van der Waals surface area contributed by atoms with Gasteiger partial charge >= 0.3 is 12.2 Å². The monoisotopic (exact) mass is 363 g/mol. The number of amides is 2. The molecule has 0 saturated carbocycles. The second kappa shape index (κ2) is 5.88. The van der Waals surface area contributed by atoms with Crippen molar-refractivity contribution in [1.82, 2.24) is 10.6 Å². The molecule has 3 atom stereocenters. The van der Waals surface area contributed by atoms with Gasteiger partial charge in [0.1, 0.15) is 11.5 Å². The van der Waals surface area contributed by atoms with Crippen molar-refractivity contribution in [2.45, 2.75) is 24.9 Å². The zero-order valence-corrected chi connectivity index (χ0v) is 12.5. The number of aliphatic hydroxyl groups is 1. The molecule has 1 heterocycles. The van der Waals surface area contributed by atoms with Crippen molar-refractivity contribution in [3.05, 3.63) is 33.9 Å². The average Bonchev–Trinajstić information content (AvgIpc) is 2.44. The first-order valence-corrected chi connectivity index (χ1v) is 6.74. The van der Waals surface area contributed by atoms with E-state index in [1.807, 2.05) is 5.32 Å². The number of nitrogens with zero attached hydrogens (tertiary/aromatic N) is 1. The highest BCUT2D eigenvalue weighted by Crippen LogP contribution is 2.44. The highest BCUT2D eigenvalue weighted by atomic mass is 19.4. The molecule has 25 heavy (non-hydrogen) atoms. The number of benzene rings is 1. The molecule has 1 saturated heterocycles. The number of phenols is 1. The van der Waals surface area contributed by atoms with Crippen LogP contribution in [-0.2, 0) is 4.79 Å². The van der Waals surface area contributed by atoms with Crippen molar-refractivity contribution < 1.29 is 37.9 Å². The van der Waals surface area contributed by atoms with E-state index >= 15 is 0 Å². The number of nitro groups is 1. The van der Waals surface area contributed by atoms with E-state index in [-0.39, 0.29) is 0 Å². The summed E-state index contributed by atoms with van der Waals surface area (Å²) in [6, 6.07) is -0.865. The largest absolute Gasteiger partial charge is 0.508 e. The van der Waals surface area contributed by atoms with E-state index in [1.54, 1.807) is 0 Å². The van der Waals surface area contributed by atoms with Crippen LogP contribution in [0.5, 0.6) is 5.75 Å². The zero-order valence-electron chi connectivity index (χ0n) is 12.5. The highest BCUT2D eigenvalue weighted by Gasteiger charge is 2.65. The Morgan fingerprint density at radius 3 is 2.48 bits per heavy atom. The number of alkyl halides is 3. The Labute approximate surface area is 137 Å². The van der Waals surface area contributed by atoms with E-state index in [1.165, 1.54) is 5.32 Å². The molecule has 1 aliphatic rings. The summed E-state index contributed by atoms with van der Waals surface area (Å²) in [5.41, 5.74) is -5.01. The maximum atomic E-state index is 13.3. The van der Waals surface area contributed by atoms with Crippen molar-refractivity contribution in [1.29, 1.82) is 0 Å². The van der Waals surface area contributed by atoms with Gasteiger partial charge < -0.3 is 20.8 Å². The molecule has 0 bridgehead atoms. The first-order valence-electron chi connectivity index (χ1n) is 6.74. The quantitative estimate of drug-likeness (QED) is 0.468. The van der Waals surface area contributed by atoms with Crippen molar-refractivity contribution in [3.8, 4) is 5.75 Å².